The molecule has 2 amide bonds. The van der Waals surface area contributed by atoms with E-state index in [4.69, 9.17) is 18.9 Å². The fourth-order valence-corrected chi connectivity index (χ4v) is 4.61. The SMILES string of the molecule is COC(=O)c1c(OC[C@H]2C[C@H](Oc3ccc4c(c3)NC(=O)CC4)CN2C(=O)O)cc(C)cc1O[C@@H](C)C=O. The van der Waals surface area contributed by atoms with Gasteiger partial charge < -0.3 is 29.4 Å². The van der Waals surface area contributed by atoms with E-state index in [1.165, 1.54) is 18.9 Å². The van der Waals surface area contributed by atoms with E-state index >= 15 is 0 Å². The number of aryl methyl sites for hydroxylation is 2. The molecule has 11 heteroatoms. The number of nitrogens with one attached hydrogen (secondary N) is 1. The van der Waals surface area contributed by atoms with Crippen molar-refractivity contribution in [1.29, 1.82) is 0 Å². The van der Waals surface area contributed by atoms with Crippen LogP contribution in [0.15, 0.2) is 30.3 Å². The summed E-state index contributed by atoms with van der Waals surface area (Å²) < 4.78 is 22.5. The Hall–Kier alpha value is -4.28. The third kappa shape index (κ3) is 5.99. The van der Waals surface area contributed by atoms with Crippen LogP contribution in [0.4, 0.5) is 10.5 Å². The Kier molecular flexibility index (Phi) is 8.04. The number of carbonyl (C=O) groups is 4. The summed E-state index contributed by atoms with van der Waals surface area (Å²) in [7, 11) is 1.22. The van der Waals surface area contributed by atoms with Crippen LogP contribution in [-0.4, -0.2) is 72.8 Å². The van der Waals surface area contributed by atoms with Gasteiger partial charge in [0.2, 0.25) is 5.91 Å². The number of benzene rings is 2. The summed E-state index contributed by atoms with van der Waals surface area (Å²) in [4.78, 5) is 48.6. The van der Waals surface area contributed by atoms with E-state index in [0.29, 0.717) is 42.5 Å². The summed E-state index contributed by atoms with van der Waals surface area (Å²) in [6.45, 7) is 3.38. The van der Waals surface area contributed by atoms with E-state index in [2.05, 4.69) is 5.32 Å². The molecule has 0 aliphatic carbocycles. The van der Waals surface area contributed by atoms with Crippen molar-refractivity contribution in [2.24, 2.45) is 0 Å². The first kappa shape index (κ1) is 26.8. The average Bonchev–Trinajstić information content (AvgIpc) is 3.29. The van der Waals surface area contributed by atoms with Crippen molar-refractivity contribution in [2.75, 3.05) is 25.6 Å². The first-order chi connectivity index (χ1) is 18.2. The number of aldehydes is 1. The summed E-state index contributed by atoms with van der Waals surface area (Å²) in [5.74, 6) is 0.0520. The smallest absolute Gasteiger partial charge is 0.407 e. The number of fused-ring (bicyclic) bond motifs is 1. The second-order valence-corrected chi connectivity index (χ2v) is 9.33. The zero-order valence-electron chi connectivity index (χ0n) is 21.4. The highest BCUT2D eigenvalue weighted by Crippen LogP contribution is 2.34. The lowest BCUT2D eigenvalue weighted by atomic mass is 10.0. The lowest BCUT2D eigenvalue weighted by Gasteiger charge is -2.22. The first-order valence-corrected chi connectivity index (χ1v) is 12.2. The van der Waals surface area contributed by atoms with Crippen LogP contribution in [0.1, 0.15) is 41.3 Å². The standard InChI is InChI=1S/C27H30N2O9/c1-15-8-22(25(26(32)35-3)23(9-15)37-16(2)13-30)36-14-18-10-20(12-29(18)27(33)34)38-19-6-4-17-5-7-24(31)28-21(17)11-19/h4,6,8-9,11,13,16,18,20H,5,7,10,12,14H2,1-3H3,(H,28,31)(H,33,34)/t16-,18+,20-/m0/s1. The normalized spacial score (nSPS) is 19.1. The highest BCUT2D eigenvalue weighted by atomic mass is 16.5. The summed E-state index contributed by atoms with van der Waals surface area (Å²) in [5.41, 5.74) is 2.44. The molecular weight excluding hydrogens is 496 g/mol. The molecular formula is C27H30N2O9. The Labute approximate surface area is 219 Å². The minimum atomic E-state index is -1.12. The predicted molar refractivity (Wildman–Crippen MR) is 135 cm³/mol. The van der Waals surface area contributed by atoms with Crippen LogP contribution in [0.25, 0.3) is 0 Å². The molecule has 2 aliphatic rings. The predicted octanol–water partition coefficient (Wildman–Crippen LogP) is 3.21. The number of carboxylic acid groups (broad SMARTS) is 1. The van der Waals surface area contributed by atoms with E-state index in [9.17, 15) is 24.3 Å². The number of rotatable bonds is 9. The van der Waals surface area contributed by atoms with Gasteiger partial charge in [0.1, 0.15) is 35.5 Å². The number of nitrogens with zero attached hydrogens (tertiary/aromatic N) is 1. The highest BCUT2D eigenvalue weighted by Gasteiger charge is 2.37. The molecule has 1 fully saturated rings. The summed E-state index contributed by atoms with van der Waals surface area (Å²) in [5, 5.41) is 12.6. The zero-order valence-corrected chi connectivity index (χ0v) is 21.4. The zero-order chi connectivity index (χ0) is 27.4. The molecule has 0 spiro atoms. The van der Waals surface area contributed by atoms with Gasteiger partial charge >= 0.3 is 12.1 Å². The summed E-state index contributed by atoms with van der Waals surface area (Å²) >= 11 is 0. The Morgan fingerprint density at radius 1 is 1.21 bits per heavy atom. The van der Waals surface area contributed by atoms with Crippen LogP contribution in [-0.2, 0) is 20.7 Å². The van der Waals surface area contributed by atoms with E-state index in [1.807, 2.05) is 12.1 Å². The fraction of sp³-hybridized carbons (Fsp3) is 0.407. The average molecular weight is 527 g/mol. The maximum Gasteiger partial charge on any atom is 0.407 e. The van der Waals surface area contributed by atoms with Gasteiger partial charge in [-0.1, -0.05) is 6.07 Å². The topological polar surface area (TPSA) is 141 Å². The number of hydrogen-bond acceptors (Lipinski definition) is 8. The van der Waals surface area contributed by atoms with Crippen molar-refractivity contribution in [1.82, 2.24) is 4.90 Å². The molecule has 0 radical (unpaired) electrons. The number of esters is 1. The molecule has 0 saturated carbocycles. The molecule has 2 aromatic carbocycles. The quantitative estimate of drug-likeness (QED) is 0.372. The van der Waals surface area contributed by atoms with E-state index < -0.39 is 30.3 Å². The molecule has 4 rings (SSSR count). The third-order valence-electron chi connectivity index (χ3n) is 6.44. The molecule has 0 unspecified atom stereocenters. The minimum Gasteiger partial charge on any atom is -0.490 e. The molecule has 38 heavy (non-hydrogen) atoms. The van der Waals surface area contributed by atoms with Crippen LogP contribution < -0.4 is 19.5 Å². The van der Waals surface area contributed by atoms with Gasteiger partial charge in [-0.3, -0.25) is 14.5 Å². The van der Waals surface area contributed by atoms with Crippen molar-refractivity contribution in [3.8, 4) is 17.2 Å². The van der Waals surface area contributed by atoms with Gasteiger partial charge in [0.25, 0.3) is 0 Å². The largest absolute Gasteiger partial charge is 0.490 e. The third-order valence-corrected chi connectivity index (χ3v) is 6.44. The Balaban J connectivity index is 1.50. The van der Waals surface area contributed by atoms with Crippen molar-refractivity contribution in [3.63, 3.8) is 0 Å². The molecule has 202 valence electrons. The van der Waals surface area contributed by atoms with Gasteiger partial charge in [-0.05, 0) is 49.6 Å². The van der Waals surface area contributed by atoms with Crippen molar-refractivity contribution in [2.45, 2.75) is 51.4 Å². The van der Waals surface area contributed by atoms with Gasteiger partial charge in [0, 0.05) is 24.6 Å². The van der Waals surface area contributed by atoms with Crippen molar-refractivity contribution >= 4 is 29.9 Å². The Morgan fingerprint density at radius 2 is 1.97 bits per heavy atom. The number of amides is 2. The van der Waals surface area contributed by atoms with E-state index in [0.717, 1.165) is 5.56 Å². The van der Waals surface area contributed by atoms with Crippen LogP contribution in [0, 0.1) is 6.92 Å². The van der Waals surface area contributed by atoms with Crippen LogP contribution in [0.2, 0.25) is 0 Å². The van der Waals surface area contributed by atoms with Crippen molar-refractivity contribution < 1.29 is 43.2 Å². The van der Waals surface area contributed by atoms with Gasteiger partial charge in [-0.15, -0.1) is 0 Å². The molecule has 3 atom stereocenters. The van der Waals surface area contributed by atoms with Crippen LogP contribution in [0.5, 0.6) is 17.2 Å². The molecule has 0 aromatic heterocycles. The Morgan fingerprint density at radius 3 is 2.68 bits per heavy atom. The van der Waals surface area contributed by atoms with Gasteiger partial charge in [-0.2, -0.15) is 0 Å². The van der Waals surface area contributed by atoms with E-state index in [1.54, 1.807) is 25.1 Å². The summed E-state index contributed by atoms with van der Waals surface area (Å²) in [6.07, 6.45) is -0.326. The molecule has 11 nitrogen and oxygen atoms in total. The van der Waals surface area contributed by atoms with Crippen molar-refractivity contribution in [3.05, 3.63) is 47.0 Å². The molecule has 0 bridgehead atoms. The number of carbonyl (C=O) groups excluding carboxylic acids is 3. The lowest BCUT2D eigenvalue weighted by Crippen LogP contribution is -2.38. The molecule has 2 aliphatic heterocycles. The second kappa shape index (κ2) is 11.4. The minimum absolute atomic E-state index is 0.00979. The Bertz CT molecular complexity index is 1250. The first-order valence-electron chi connectivity index (χ1n) is 12.2. The molecule has 1 saturated heterocycles. The second-order valence-electron chi connectivity index (χ2n) is 9.33. The summed E-state index contributed by atoms with van der Waals surface area (Å²) in [6, 6.07) is 8.12. The van der Waals surface area contributed by atoms with Gasteiger partial charge in [-0.25, -0.2) is 9.59 Å². The van der Waals surface area contributed by atoms with Gasteiger partial charge in [0.05, 0.1) is 19.7 Å². The van der Waals surface area contributed by atoms with Crippen LogP contribution >= 0.6 is 0 Å². The monoisotopic (exact) mass is 526 g/mol. The number of hydrogen-bond donors (Lipinski definition) is 2. The number of likely N-dealkylation sites (tertiary alicyclic amines) is 1. The molecule has 2 N–H and O–H groups in total. The van der Waals surface area contributed by atoms with Crippen LogP contribution in [0.3, 0.4) is 0 Å². The maximum atomic E-state index is 12.6. The van der Waals surface area contributed by atoms with Gasteiger partial charge in [0.15, 0.2) is 12.4 Å². The molecule has 2 aromatic rings. The number of methoxy groups -OCH3 is 1. The fourth-order valence-electron chi connectivity index (χ4n) is 4.61. The van der Waals surface area contributed by atoms with E-state index in [-0.39, 0.29) is 36.1 Å². The molecule has 2 heterocycles. The number of ether oxygens (including phenoxy) is 4. The highest BCUT2D eigenvalue weighted by molar-refractivity contribution is 5.96. The number of anilines is 1. The lowest BCUT2D eigenvalue weighted by molar-refractivity contribution is -0.116. The maximum absolute atomic E-state index is 12.6.